The summed E-state index contributed by atoms with van der Waals surface area (Å²) in [7, 11) is 0. The van der Waals surface area contributed by atoms with Crippen molar-refractivity contribution in [2.75, 3.05) is 18.0 Å². The molecule has 0 unspecified atom stereocenters. The molecule has 0 radical (unpaired) electrons. The van der Waals surface area contributed by atoms with E-state index in [2.05, 4.69) is 17.1 Å². The van der Waals surface area contributed by atoms with Crippen LogP contribution in [-0.2, 0) is 0 Å². The average molecular weight is 214 g/mol. The minimum atomic E-state index is 0.464. The monoisotopic (exact) mass is 214 g/mol. The number of aromatic nitrogens is 1. The summed E-state index contributed by atoms with van der Waals surface area (Å²) in [6.45, 7) is 5.30. The van der Waals surface area contributed by atoms with E-state index in [9.17, 15) is 0 Å². The smallest absolute Gasteiger partial charge is 0.130 e. The standard InChI is InChI=1S/C12H14N4/c1-3-16(6-4-5-13)12-8-11(9-14)7-10(2)15-12/h7-8H,3-4,6H2,1-2H3. The van der Waals surface area contributed by atoms with E-state index < -0.39 is 0 Å². The second-order valence-electron chi connectivity index (χ2n) is 3.45. The van der Waals surface area contributed by atoms with Crippen LogP contribution in [0.25, 0.3) is 0 Å². The highest BCUT2D eigenvalue weighted by Gasteiger charge is 2.07. The third-order valence-corrected chi connectivity index (χ3v) is 2.27. The van der Waals surface area contributed by atoms with Crippen molar-refractivity contribution in [1.82, 2.24) is 4.98 Å². The van der Waals surface area contributed by atoms with Gasteiger partial charge in [0.25, 0.3) is 0 Å². The zero-order valence-electron chi connectivity index (χ0n) is 9.56. The van der Waals surface area contributed by atoms with Crippen molar-refractivity contribution >= 4 is 5.82 Å². The van der Waals surface area contributed by atoms with Crippen molar-refractivity contribution in [1.29, 1.82) is 10.5 Å². The molecule has 82 valence electrons. The van der Waals surface area contributed by atoms with E-state index in [4.69, 9.17) is 10.5 Å². The quantitative estimate of drug-likeness (QED) is 0.769. The van der Waals surface area contributed by atoms with Crippen LogP contribution >= 0.6 is 0 Å². The topological polar surface area (TPSA) is 63.7 Å². The molecular weight excluding hydrogens is 200 g/mol. The molecule has 0 saturated heterocycles. The number of nitriles is 2. The van der Waals surface area contributed by atoms with Gasteiger partial charge in [-0.05, 0) is 26.0 Å². The van der Waals surface area contributed by atoms with Gasteiger partial charge in [-0.1, -0.05) is 0 Å². The molecule has 0 bridgehead atoms. The molecule has 1 rings (SSSR count). The Morgan fingerprint density at radius 3 is 2.69 bits per heavy atom. The van der Waals surface area contributed by atoms with Crippen LogP contribution in [0.1, 0.15) is 24.6 Å². The normalized spacial score (nSPS) is 9.25. The van der Waals surface area contributed by atoms with Gasteiger partial charge in [0.05, 0.1) is 24.1 Å². The van der Waals surface area contributed by atoms with E-state index in [0.717, 1.165) is 18.1 Å². The second-order valence-corrected chi connectivity index (χ2v) is 3.45. The summed E-state index contributed by atoms with van der Waals surface area (Å²) >= 11 is 0. The third kappa shape index (κ3) is 2.96. The first-order chi connectivity index (χ1) is 7.71. The molecule has 1 aromatic heterocycles. The Hall–Kier alpha value is -2.07. The first-order valence-electron chi connectivity index (χ1n) is 5.22. The van der Waals surface area contributed by atoms with Crippen molar-refractivity contribution in [3.05, 3.63) is 23.4 Å². The molecule has 0 N–H and O–H groups in total. The first kappa shape index (κ1) is 12.0. The fourth-order valence-corrected chi connectivity index (χ4v) is 1.50. The van der Waals surface area contributed by atoms with E-state index >= 15 is 0 Å². The van der Waals surface area contributed by atoms with Crippen molar-refractivity contribution in [3.8, 4) is 12.1 Å². The Balaban J connectivity index is 2.97. The van der Waals surface area contributed by atoms with Gasteiger partial charge in [0.2, 0.25) is 0 Å². The van der Waals surface area contributed by atoms with Crippen molar-refractivity contribution in [2.45, 2.75) is 20.3 Å². The molecule has 0 aliphatic rings. The van der Waals surface area contributed by atoms with Crippen LogP contribution in [0.5, 0.6) is 0 Å². The van der Waals surface area contributed by atoms with E-state index in [1.54, 1.807) is 12.1 Å². The fraction of sp³-hybridized carbons (Fsp3) is 0.417. The molecule has 0 spiro atoms. The summed E-state index contributed by atoms with van der Waals surface area (Å²) in [5.74, 6) is 0.773. The lowest BCUT2D eigenvalue weighted by atomic mass is 10.2. The summed E-state index contributed by atoms with van der Waals surface area (Å²) in [6.07, 6.45) is 0.464. The number of aryl methyl sites for hydroxylation is 1. The molecule has 0 amide bonds. The Morgan fingerprint density at radius 2 is 2.12 bits per heavy atom. The maximum Gasteiger partial charge on any atom is 0.130 e. The van der Waals surface area contributed by atoms with Gasteiger partial charge in [-0.15, -0.1) is 0 Å². The van der Waals surface area contributed by atoms with Crippen LogP contribution in [0.3, 0.4) is 0 Å². The zero-order chi connectivity index (χ0) is 12.0. The first-order valence-corrected chi connectivity index (χ1v) is 5.22. The summed E-state index contributed by atoms with van der Waals surface area (Å²) in [4.78, 5) is 6.37. The maximum atomic E-state index is 8.87. The summed E-state index contributed by atoms with van der Waals surface area (Å²) in [5, 5.41) is 17.4. The minimum Gasteiger partial charge on any atom is -0.356 e. The molecular formula is C12H14N4. The molecule has 0 aromatic carbocycles. The Morgan fingerprint density at radius 1 is 1.38 bits per heavy atom. The number of hydrogen-bond acceptors (Lipinski definition) is 4. The third-order valence-electron chi connectivity index (χ3n) is 2.27. The molecule has 4 nitrogen and oxygen atoms in total. The summed E-state index contributed by atoms with van der Waals surface area (Å²) in [5.41, 5.74) is 1.43. The molecule has 4 heteroatoms. The highest BCUT2D eigenvalue weighted by molar-refractivity contribution is 5.46. The minimum absolute atomic E-state index is 0.464. The Bertz CT molecular complexity index is 439. The van der Waals surface area contributed by atoms with Gasteiger partial charge in [0.15, 0.2) is 0 Å². The number of anilines is 1. The highest BCUT2D eigenvalue weighted by atomic mass is 15.2. The van der Waals surface area contributed by atoms with Crippen LogP contribution in [0, 0.1) is 29.6 Å². The van der Waals surface area contributed by atoms with Crippen LogP contribution in [0.2, 0.25) is 0 Å². The van der Waals surface area contributed by atoms with Crippen LogP contribution in [0.4, 0.5) is 5.82 Å². The lowest BCUT2D eigenvalue weighted by Gasteiger charge is -2.21. The molecule has 0 atom stereocenters. The fourth-order valence-electron chi connectivity index (χ4n) is 1.50. The summed E-state index contributed by atoms with van der Waals surface area (Å²) < 4.78 is 0. The van der Waals surface area contributed by atoms with E-state index in [1.165, 1.54) is 0 Å². The highest BCUT2D eigenvalue weighted by Crippen LogP contribution is 2.14. The predicted octanol–water partition coefficient (Wildman–Crippen LogP) is 2.00. The Kier molecular flexibility index (Phi) is 4.29. The molecule has 1 heterocycles. The van der Waals surface area contributed by atoms with E-state index in [1.807, 2.05) is 18.7 Å². The lowest BCUT2D eigenvalue weighted by Crippen LogP contribution is -2.24. The number of rotatable bonds is 4. The molecule has 16 heavy (non-hydrogen) atoms. The van der Waals surface area contributed by atoms with Gasteiger partial charge in [-0.3, -0.25) is 0 Å². The van der Waals surface area contributed by atoms with Crippen LogP contribution in [-0.4, -0.2) is 18.1 Å². The Labute approximate surface area is 95.8 Å². The van der Waals surface area contributed by atoms with E-state index in [-0.39, 0.29) is 0 Å². The van der Waals surface area contributed by atoms with Gasteiger partial charge in [-0.25, -0.2) is 4.98 Å². The molecule has 0 aliphatic heterocycles. The molecule has 0 fully saturated rings. The lowest BCUT2D eigenvalue weighted by molar-refractivity contribution is 0.808. The van der Waals surface area contributed by atoms with Gasteiger partial charge in [0.1, 0.15) is 5.82 Å². The van der Waals surface area contributed by atoms with Crippen molar-refractivity contribution < 1.29 is 0 Å². The van der Waals surface area contributed by atoms with E-state index in [0.29, 0.717) is 18.5 Å². The number of nitrogens with zero attached hydrogens (tertiary/aromatic N) is 4. The van der Waals surface area contributed by atoms with Crippen molar-refractivity contribution in [3.63, 3.8) is 0 Å². The molecule has 0 aliphatic carbocycles. The SMILES string of the molecule is CCN(CCC#N)c1cc(C#N)cc(C)n1. The van der Waals surface area contributed by atoms with Crippen LogP contribution < -0.4 is 4.90 Å². The largest absolute Gasteiger partial charge is 0.356 e. The van der Waals surface area contributed by atoms with Gasteiger partial charge < -0.3 is 4.90 Å². The van der Waals surface area contributed by atoms with Gasteiger partial charge >= 0.3 is 0 Å². The molecule has 0 saturated carbocycles. The number of pyridine rings is 1. The average Bonchev–Trinajstić information content (AvgIpc) is 2.29. The predicted molar refractivity (Wildman–Crippen MR) is 61.8 cm³/mol. The summed E-state index contributed by atoms with van der Waals surface area (Å²) in [6, 6.07) is 7.73. The second kappa shape index (κ2) is 5.72. The van der Waals surface area contributed by atoms with Crippen LogP contribution in [0.15, 0.2) is 12.1 Å². The molecule has 1 aromatic rings. The van der Waals surface area contributed by atoms with Crippen molar-refractivity contribution in [2.24, 2.45) is 0 Å². The number of hydrogen-bond donors (Lipinski definition) is 0. The maximum absolute atomic E-state index is 8.87. The van der Waals surface area contributed by atoms with Gasteiger partial charge in [-0.2, -0.15) is 10.5 Å². The van der Waals surface area contributed by atoms with Gasteiger partial charge in [0, 0.05) is 18.8 Å². The zero-order valence-corrected chi connectivity index (χ0v) is 9.56.